The summed E-state index contributed by atoms with van der Waals surface area (Å²) >= 11 is 5.95. The summed E-state index contributed by atoms with van der Waals surface area (Å²) in [6.07, 6.45) is 1.89. The van der Waals surface area contributed by atoms with E-state index in [1.54, 1.807) is 30.5 Å². The van der Waals surface area contributed by atoms with Gasteiger partial charge in [-0.3, -0.25) is 4.79 Å². The topological polar surface area (TPSA) is 120 Å². The van der Waals surface area contributed by atoms with Gasteiger partial charge in [-0.05, 0) is 48.7 Å². The average molecular weight is 469 g/mol. The number of carbonyl (C=O) groups excluding carboxylic acids is 1. The number of phenols is 1. The Labute approximate surface area is 198 Å². The van der Waals surface area contributed by atoms with Gasteiger partial charge in [0.25, 0.3) is 0 Å². The molecule has 8 heteroatoms. The van der Waals surface area contributed by atoms with Gasteiger partial charge in [0.1, 0.15) is 11.6 Å². The largest absolute Gasteiger partial charge is 0.508 e. The van der Waals surface area contributed by atoms with Crippen molar-refractivity contribution in [3.05, 3.63) is 88.1 Å². The van der Waals surface area contributed by atoms with E-state index in [4.69, 9.17) is 17.3 Å². The number of aliphatic hydroxyl groups is 1. The highest BCUT2D eigenvalue weighted by Crippen LogP contribution is 2.21. The van der Waals surface area contributed by atoms with Crippen LogP contribution in [0.15, 0.2) is 60.8 Å². The molecule has 1 heterocycles. The van der Waals surface area contributed by atoms with Crippen LogP contribution in [0.5, 0.6) is 5.75 Å². The van der Waals surface area contributed by atoms with Crippen LogP contribution < -0.4 is 16.4 Å². The highest BCUT2D eigenvalue weighted by Gasteiger charge is 2.12. The molecule has 0 aliphatic heterocycles. The van der Waals surface area contributed by atoms with Gasteiger partial charge in [0, 0.05) is 41.5 Å². The minimum absolute atomic E-state index is 0.0981. The van der Waals surface area contributed by atoms with Crippen LogP contribution in [0.25, 0.3) is 0 Å². The molecule has 0 saturated heterocycles. The molecule has 3 aromatic rings. The van der Waals surface area contributed by atoms with Gasteiger partial charge in [-0.1, -0.05) is 41.9 Å². The molecule has 7 nitrogen and oxygen atoms in total. The van der Waals surface area contributed by atoms with Crippen molar-refractivity contribution < 1.29 is 15.0 Å². The van der Waals surface area contributed by atoms with Gasteiger partial charge >= 0.3 is 0 Å². The molecule has 6 N–H and O–H groups in total. The second-order valence-corrected chi connectivity index (χ2v) is 8.53. The van der Waals surface area contributed by atoms with Crippen LogP contribution in [0, 0.1) is 0 Å². The Morgan fingerprint density at radius 1 is 1.15 bits per heavy atom. The zero-order chi connectivity index (χ0) is 23.8. The number of hydrogen-bond acceptors (Lipinski definition) is 6. The van der Waals surface area contributed by atoms with E-state index < -0.39 is 6.10 Å². The maximum Gasteiger partial charge on any atom is 0.224 e. The minimum Gasteiger partial charge on any atom is -0.508 e. The lowest BCUT2D eigenvalue weighted by Crippen LogP contribution is -2.32. The molecule has 1 amide bonds. The van der Waals surface area contributed by atoms with Crippen LogP contribution in [0.2, 0.25) is 5.02 Å². The second kappa shape index (κ2) is 11.7. The lowest BCUT2D eigenvalue weighted by atomic mass is 10.0. The van der Waals surface area contributed by atoms with Crippen molar-refractivity contribution in [3.63, 3.8) is 0 Å². The van der Waals surface area contributed by atoms with Crippen molar-refractivity contribution in [1.29, 1.82) is 0 Å². The molecule has 3 rings (SSSR count). The van der Waals surface area contributed by atoms with Gasteiger partial charge in [-0.15, -0.1) is 0 Å². The number of amides is 1. The number of aromatic nitrogens is 1. The van der Waals surface area contributed by atoms with E-state index in [2.05, 4.69) is 15.6 Å². The number of nitrogens with one attached hydrogen (secondary N) is 2. The molecular weight excluding hydrogens is 440 g/mol. The van der Waals surface area contributed by atoms with E-state index in [9.17, 15) is 15.0 Å². The maximum absolute atomic E-state index is 12.4. The third-order valence-electron chi connectivity index (χ3n) is 5.27. The Balaban J connectivity index is 1.47. The number of halogens is 1. The first-order valence-electron chi connectivity index (χ1n) is 10.7. The minimum atomic E-state index is -0.672. The van der Waals surface area contributed by atoms with E-state index in [0.717, 1.165) is 17.5 Å². The number of nitrogens with two attached hydrogens (primary N) is 1. The molecule has 33 heavy (non-hydrogen) atoms. The summed E-state index contributed by atoms with van der Waals surface area (Å²) in [6.45, 7) is 2.65. The number of nitrogen functional groups attached to an aromatic ring is 1. The summed E-state index contributed by atoms with van der Waals surface area (Å²) in [5.41, 5.74) is 8.86. The molecule has 0 saturated carbocycles. The van der Waals surface area contributed by atoms with Crippen molar-refractivity contribution in [2.24, 2.45) is 0 Å². The van der Waals surface area contributed by atoms with Crippen LogP contribution in [-0.4, -0.2) is 33.7 Å². The normalized spacial score (nSPS) is 12.8. The summed E-state index contributed by atoms with van der Waals surface area (Å²) < 4.78 is 0. The van der Waals surface area contributed by atoms with E-state index >= 15 is 0 Å². The molecule has 1 aromatic heterocycles. The van der Waals surface area contributed by atoms with Gasteiger partial charge < -0.3 is 26.6 Å². The molecule has 0 aliphatic carbocycles. The van der Waals surface area contributed by atoms with E-state index in [-0.39, 0.29) is 30.7 Å². The van der Waals surface area contributed by atoms with Crippen molar-refractivity contribution in [2.45, 2.75) is 38.5 Å². The Bertz CT molecular complexity index is 1080. The Morgan fingerprint density at radius 2 is 1.94 bits per heavy atom. The van der Waals surface area contributed by atoms with Gasteiger partial charge in [-0.2, -0.15) is 0 Å². The number of aromatic hydroxyl groups is 1. The molecular formula is C25H29ClN4O3. The summed E-state index contributed by atoms with van der Waals surface area (Å²) in [7, 11) is 0. The standard InChI is InChI=1S/C25H29ClN4O3/c1-16(28-15-23(32)19-5-8-24(27)29-13-19)9-17-3-2-4-18(10-17)11-25(33)30-14-20-12-21(26)6-7-22(20)31/h2-8,10,12-13,16,23,28,31-32H,9,11,14-15H2,1H3,(H2,27,29)(H,30,33)/t16-,23+/m1/s1. The highest BCUT2D eigenvalue weighted by molar-refractivity contribution is 6.30. The summed E-state index contributed by atoms with van der Waals surface area (Å²) in [5.74, 6) is 0.377. The third kappa shape index (κ3) is 7.75. The number of aliphatic hydroxyl groups excluding tert-OH is 1. The number of benzene rings is 2. The van der Waals surface area contributed by atoms with Crippen LogP contribution in [0.4, 0.5) is 5.82 Å². The molecule has 0 radical (unpaired) electrons. The first-order chi connectivity index (χ1) is 15.8. The quantitative estimate of drug-likeness (QED) is 0.312. The Kier molecular flexibility index (Phi) is 8.65. The fourth-order valence-corrected chi connectivity index (χ4v) is 3.67. The van der Waals surface area contributed by atoms with Crippen molar-refractivity contribution >= 4 is 23.3 Å². The maximum atomic E-state index is 12.4. The van der Waals surface area contributed by atoms with Gasteiger partial charge in [0.2, 0.25) is 5.91 Å². The fourth-order valence-electron chi connectivity index (χ4n) is 3.47. The van der Waals surface area contributed by atoms with E-state index in [1.165, 1.54) is 6.07 Å². The summed E-state index contributed by atoms with van der Waals surface area (Å²) in [4.78, 5) is 16.4. The zero-order valence-corrected chi connectivity index (χ0v) is 19.2. The first-order valence-corrected chi connectivity index (χ1v) is 11.1. The van der Waals surface area contributed by atoms with Gasteiger partial charge in [0.05, 0.1) is 12.5 Å². The molecule has 0 unspecified atom stereocenters. The third-order valence-corrected chi connectivity index (χ3v) is 5.50. The monoisotopic (exact) mass is 468 g/mol. The number of anilines is 1. The smallest absolute Gasteiger partial charge is 0.224 e. The van der Waals surface area contributed by atoms with Crippen LogP contribution >= 0.6 is 11.6 Å². The molecule has 0 spiro atoms. The molecule has 0 fully saturated rings. The predicted molar refractivity (Wildman–Crippen MR) is 130 cm³/mol. The SMILES string of the molecule is C[C@H](Cc1cccc(CC(=O)NCc2cc(Cl)ccc2O)c1)NC[C@H](O)c1ccc(N)nc1. The summed E-state index contributed by atoms with van der Waals surface area (Å²) in [5, 5.41) is 26.8. The average Bonchev–Trinajstić information content (AvgIpc) is 2.79. The van der Waals surface area contributed by atoms with Crippen molar-refractivity contribution in [1.82, 2.24) is 15.6 Å². The van der Waals surface area contributed by atoms with E-state index in [1.807, 2.05) is 31.2 Å². The lowest BCUT2D eigenvalue weighted by Gasteiger charge is -2.18. The number of carbonyl (C=O) groups is 1. The van der Waals surface area contributed by atoms with E-state index in [0.29, 0.717) is 28.5 Å². The number of rotatable bonds is 10. The second-order valence-electron chi connectivity index (χ2n) is 8.09. The van der Waals surface area contributed by atoms with Crippen molar-refractivity contribution in [2.75, 3.05) is 12.3 Å². The summed E-state index contributed by atoms with van der Waals surface area (Å²) in [6, 6.07) is 16.2. The number of pyridine rings is 1. The van der Waals surface area contributed by atoms with Crippen LogP contribution in [0.1, 0.15) is 35.3 Å². The van der Waals surface area contributed by atoms with Gasteiger partial charge in [-0.25, -0.2) is 4.98 Å². The zero-order valence-electron chi connectivity index (χ0n) is 18.5. The number of hydrogen-bond donors (Lipinski definition) is 5. The Morgan fingerprint density at radius 3 is 2.70 bits per heavy atom. The molecule has 2 atom stereocenters. The number of nitrogens with zero attached hydrogens (tertiary/aromatic N) is 1. The number of phenolic OH excluding ortho intramolecular Hbond substituents is 1. The van der Waals surface area contributed by atoms with Crippen LogP contribution in [-0.2, 0) is 24.2 Å². The first kappa shape index (κ1) is 24.5. The predicted octanol–water partition coefficient (Wildman–Crippen LogP) is 3.14. The highest BCUT2D eigenvalue weighted by atomic mass is 35.5. The molecule has 0 aliphatic rings. The van der Waals surface area contributed by atoms with Crippen molar-refractivity contribution in [3.8, 4) is 5.75 Å². The van der Waals surface area contributed by atoms with Crippen LogP contribution in [0.3, 0.4) is 0 Å². The molecule has 174 valence electrons. The lowest BCUT2D eigenvalue weighted by molar-refractivity contribution is -0.120. The Hall–Kier alpha value is -3.13. The molecule has 2 aromatic carbocycles. The molecule has 0 bridgehead atoms. The fraction of sp³-hybridized carbons (Fsp3) is 0.280. The van der Waals surface area contributed by atoms with Gasteiger partial charge in [0.15, 0.2) is 0 Å².